The molecule has 7 heteroatoms. The maximum Gasteiger partial charge on any atom is 0.191 e. The molecule has 2 heterocycles. The van der Waals surface area contributed by atoms with Crippen molar-refractivity contribution in [3.8, 4) is 0 Å². The molecule has 1 fully saturated rings. The second-order valence-corrected chi connectivity index (χ2v) is 6.07. The summed E-state index contributed by atoms with van der Waals surface area (Å²) >= 11 is 0. The summed E-state index contributed by atoms with van der Waals surface area (Å²) in [5.41, 5.74) is 0. The number of hydrogen-bond donors (Lipinski definition) is 2. The Labute approximate surface area is 150 Å². The number of nitrogens with one attached hydrogen (secondary N) is 2. The number of morpholine rings is 1. The molecule has 0 aromatic carbocycles. The van der Waals surface area contributed by atoms with Crippen LogP contribution in [-0.2, 0) is 15.9 Å². The van der Waals surface area contributed by atoms with E-state index in [0.29, 0.717) is 0 Å². The van der Waals surface area contributed by atoms with Gasteiger partial charge in [-0.3, -0.25) is 9.89 Å². The van der Waals surface area contributed by atoms with Gasteiger partial charge in [-0.1, -0.05) is 0 Å². The van der Waals surface area contributed by atoms with Gasteiger partial charge in [0.1, 0.15) is 5.76 Å². The molecule has 7 nitrogen and oxygen atoms in total. The summed E-state index contributed by atoms with van der Waals surface area (Å²) in [6.45, 7) is 8.09. The van der Waals surface area contributed by atoms with Gasteiger partial charge in [0.15, 0.2) is 5.96 Å². The molecule has 0 bridgehead atoms. The maximum absolute atomic E-state index is 5.38. The van der Waals surface area contributed by atoms with E-state index in [4.69, 9.17) is 13.9 Å². The molecule has 25 heavy (non-hydrogen) atoms. The lowest BCUT2D eigenvalue weighted by atomic mass is 10.3. The van der Waals surface area contributed by atoms with E-state index in [-0.39, 0.29) is 0 Å². The third-order valence-electron chi connectivity index (χ3n) is 4.07. The van der Waals surface area contributed by atoms with E-state index in [0.717, 1.165) is 90.1 Å². The molecule has 0 atom stereocenters. The number of rotatable bonds is 11. The zero-order valence-electron chi connectivity index (χ0n) is 15.3. The minimum Gasteiger partial charge on any atom is -0.469 e. The second kappa shape index (κ2) is 12.7. The first-order valence-corrected chi connectivity index (χ1v) is 9.22. The number of guanidine groups is 1. The van der Waals surface area contributed by atoms with Gasteiger partial charge in [0.2, 0.25) is 0 Å². The molecule has 1 aromatic heterocycles. The Morgan fingerprint density at radius 1 is 1.24 bits per heavy atom. The predicted molar refractivity (Wildman–Crippen MR) is 99.1 cm³/mol. The molecule has 1 aliphatic heterocycles. The van der Waals surface area contributed by atoms with Gasteiger partial charge in [0.05, 0.1) is 19.5 Å². The maximum atomic E-state index is 5.38. The van der Waals surface area contributed by atoms with E-state index in [1.807, 2.05) is 12.1 Å². The van der Waals surface area contributed by atoms with Crippen LogP contribution in [0.3, 0.4) is 0 Å². The average molecular weight is 352 g/mol. The van der Waals surface area contributed by atoms with Gasteiger partial charge in [0, 0.05) is 52.9 Å². The molecule has 0 aliphatic carbocycles. The zero-order chi connectivity index (χ0) is 17.6. The molecule has 1 saturated heterocycles. The first-order chi connectivity index (χ1) is 12.4. The number of furan rings is 1. The Balaban J connectivity index is 1.65. The molecule has 0 radical (unpaired) electrons. The zero-order valence-corrected chi connectivity index (χ0v) is 15.3. The Morgan fingerprint density at radius 3 is 2.84 bits per heavy atom. The number of aliphatic imine (C=N–C) groups is 1. The molecule has 0 saturated carbocycles. The van der Waals surface area contributed by atoms with E-state index in [1.54, 1.807) is 13.4 Å². The largest absolute Gasteiger partial charge is 0.469 e. The summed E-state index contributed by atoms with van der Waals surface area (Å²) in [4.78, 5) is 7.06. The van der Waals surface area contributed by atoms with Crippen molar-refractivity contribution in [2.75, 3.05) is 66.2 Å². The molecule has 2 rings (SSSR count). The lowest BCUT2D eigenvalue weighted by Crippen LogP contribution is -2.41. The lowest BCUT2D eigenvalue weighted by Gasteiger charge is -2.26. The average Bonchev–Trinajstić information content (AvgIpc) is 3.16. The van der Waals surface area contributed by atoms with Crippen LogP contribution in [0.2, 0.25) is 0 Å². The first-order valence-electron chi connectivity index (χ1n) is 9.22. The van der Waals surface area contributed by atoms with Gasteiger partial charge in [-0.15, -0.1) is 0 Å². The Bertz CT molecular complexity index is 459. The van der Waals surface area contributed by atoms with Crippen LogP contribution >= 0.6 is 0 Å². The minimum absolute atomic E-state index is 0.736. The summed E-state index contributed by atoms with van der Waals surface area (Å²) in [5, 5.41) is 6.80. The van der Waals surface area contributed by atoms with Crippen LogP contribution in [-0.4, -0.2) is 77.1 Å². The third-order valence-corrected chi connectivity index (χ3v) is 4.07. The highest BCUT2D eigenvalue weighted by atomic mass is 16.5. The molecular formula is C18H32N4O3. The van der Waals surface area contributed by atoms with Crippen molar-refractivity contribution < 1.29 is 13.9 Å². The summed E-state index contributed by atoms with van der Waals surface area (Å²) < 4.78 is 15.8. The van der Waals surface area contributed by atoms with Crippen LogP contribution in [0.1, 0.15) is 18.6 Å². The molecule has 0 amide bonds. The van der Waals surface area contributed by atoms with Gasteiger partial charge < -0.3 is 24.5 Å². The van der Waals surface area contributed by atoms with Gasteiger partial charge >= 0.3 is 0 Å². The van der Waals surface area contributed by atoms with Crippen molar-refractivity contribution in [1.82, 2.24) is 15.5 Å². The monoisotopic (exact) mass is 352 g/mol. The molecule has 2 N–H and O–H groups in total. The van der Waals surface area contributed by atoms with Gasteiger partial charge in [0.25, 0.3) is 0 Å². The highest BCUT2D eigenvalue weighted by Crippen LogP contribution is 1.99. The van der Waals surface area contributed by atoms with Crippen molar-refractivity contribution in [2.45, 2.75) is 19.3 Å². The van der Waals surface area contributed by atoms with Gasteiger partial charge in [-0.2, -0.15) is 0 Å². The highest BCUT2D eigenvalue weighted by molar-refractivity contribution is 5.79. The number of nitrogens with zero attached hydrogens (tertiary/aromatic N) is 2. The van der Waals surface area contributed by atoms with Crippen LogP contribution in [0, 0.1) is 0 Å². The summed E-state index contributed by atoms with van der Waals surface area (Å²) in [7, 11) is 1.72. The van der Waals surface area contributed by atoms with Crippen LogP contribution in [0.25, 0.3) is 0 Å². The van der Waals surface area contributed by atoms with Crippen molar-refractivity contribution >= 4 is 5.96 Å². The van der Waals surface area contributed by atoms with Crippen LogP contribution in [0.15, 0.2) is 27.8 Å². The smallest absolute Gasteiger partial charge is 0.191 e. The van der Waals surface area contributed by atoms with E-state index in [1.165, 1.54) is 0 Å². The molecular weight excluding hydrogens is 320 g/mol. The summed E-state index contributed by atoms with van der Waals surface area (Å²) in [6, 6.07) is 3.91. The van der Waals surface area contributed by atoms with Crippen molar-refractivity contribution in [3.05, 3.63) is 24.2 Å². The first kappa shape index (κ1) is 19.8. The predicted octanol–water partition coefficient (Wildman–Crippen LogP) is 1.12. The van der Waals surface area contributed by atoms with Crippen molar-refractivity contribution in [2.24, 2.45) is 4.99 Å². The quantitative estimate of drug-likeness (QED) is 0.353. The van der Waals surface area contributed by atoms with E-state index in [2.05, 4.69) is 20.5 Å². The number of ether oxygens (including phenoxy) is 2. The van der Waals surface area contributed by atoms with E-state index < -0.39 is 0 Å². The van der Waals surface area contributed by atoms with Crippen LogP contribution in [0.4, 0.5) is 0 Å². The SMILES string of the molecule is COCCCN=C(NCCCN1CCOCC1)NCCc1ccco1. The number of methoxy groups -OCH3 is 1. The summed E-state index contributed by atoms with van der Waals surface area (Å²) in [6.07, 6.45) is 4.57. The fraction of sp³-hybridized carbons (Fsp3) is 0.722. The molecule has 0 unspecified atom stereocenters. The third kappa shape index (κ3) is 8.90. The lowest BCUT2D eigenvalue weighted by molar-refractivity contribution is 0.0376. The van der Waals surface area contributed by atoms with Crippen molar-refractivity contribution in [3.63, 3.8) is 0 Å². The second-order valence-electron chi connectivity index (χ2n) is 6.07. The Morgan fingerprint density at radius 2 is 2.08 bits per heavy atom. The highest BCUT2D eigenvalue weighted by Gasteiger charge is 2.09. The molecule has 0 spiro atoms. The van der Waals surface area contributed by atoms with Gasteiger partial charge in [-0.05, 0) is 31.5 Å². The van der Waals surface area contributed by atoms with E-state index in [9.17, 15) is 0 Å². The van der Waals surface area contributed by atoms with Crippen molar-refractivity contribution in [1.29, 1.82) is 0 Å². The van der Waals surface area contributed by atoms with E-state index >= 15 is 0 Å². The normalized spacial score (nSPS) is 16.1. The van der Waals surface area contributed by atoms with Crippen LogP contribution < -0.4 is 10.6 Å². The molecule has 142 valence electrons. The Hall–Kier alpha value is -1.57. The standard InChI is InChI=1S/C18H32N4O3/c1-23-13-4-8-20-18(21-9-6-17-5-2-14-25-17)19-7-3-10-22-11-15-24-16-12-22/h2,5,14H,3-4,6-13,15-16H2,1H3,(H2,19,20,21). The summed E-state index contributed by atoms with van der Waals surface area (Å²) in [5.74, 6) is 1.85. The van der Waals surface area contributed by atoms with Crippen LogP contribution in [0.5, 0.6) is 0 Å². The van der Waals surface area contributed by atoms with Gasteiger partial charge in [-0.25, -0.2) is 0 Å². The topological polar surface area (TPSA) is 71.3 Å². The molecule has 1 aromatic rings. The minimum atomic E-state index is 0.736. The fourth-order valence-electron chi connectivity index (χ4n) is 2.67. The Kier molecular flexibility index (Phi) is 10.1. The molecule has 1 aliphatic rings. The number of hydrogen-bond acceptors (Lipinski definition) is 5. The fourth-order valence-corrected chi connectivity index (χ4v) is 2.67.